The van der Waals surface area contributed by atoms with Gasteiger partial charge in [-0.1, -0.05) is 15.9 Å². The lowest BCUT2D eigenvalue weighted by atomic mass is 10.4. The Kier molecular flexibility index (Phi) is 10.7. The van der Waals surface area contributed by atoms with E-state index in [0.717, 1.165) is 0 Å². The van der Waals surface area contributed by atoms with Gasteiger partial charge in [-0.05, 0) is 27.7 Å². The Balaban J connectivity index is 4.31. The van der Waals surface area contributed by atoms with E-state index < -0.39 is 0 Å². The molecule has 98 valence electrons. The van der Waals surface area contributed by atoms with E-state index in [9.17, 15) is 0 Å². The summed E-state index contributed by atoms with van der Waals surface area (Å²) < 4.78 is 22.0. The van der Waals surface area contributed by atoms with Crippen molar-refractivity contribution < 1.29 is 18.9 Å². The monoisotopic (exact) mass is 298 g/mol. The molecule has 0 N–H and O–H groups in total. The van der Waals surface area contributed by atoms with Gasteiger partial charge in [0.1, 0.15) is 4.83 Å². The fourth-order valence-electron chi connectivity index (χ4n) is 1.25. The van der Waals surface area contributed by atoms with Gasteiger partial charge in [-0.3, -0.25) is 0 Å². The molecule has 0 saturated carbocycles. The maximum Gasteiger partial charge on any atom is 0.174 e. The highest BCUT2D eigenvalue weighted by atomic mass is 79.9. The van der Waals surface area contributed by atoms with Gasteiger partial charge in [-0.15, -0.1) is 0 Å². The molecule has 5 heteroatoms. The number of halogens is 1. The van der Waals surface area contributed by atoms with Crippen LogP contribution in [-0.2, 0) is 18.9 Å². The summed E-state index contributed by atoms with van der Waals surface area (Å²) in [5.41, 5.74) is 0. The van der Waals surface area contributed by atoms with Crippen LogP contribution in [0.4, 0.5) is 0 Å². The van der Waals surface area contributed by atoms with E-state index in [0.29, 0.717) is 26.4 Å². The SMILES string of the molecule is CCOC(OCC)C(Br)C(OCC)OCC. The molecule has 0 rings (SSSR count). The summed E-state index contributed by atoms with van der Waals surface area (Å²) in [6.07, 6.45) is -0.698. The molecule has 0 spiro atoms. The first-order valence-corrected chi connectivity index (χ1v) is 6.73. The van der Waals surface area contributed by atoms with Crippen LogP contribution >= 0.6 is 15.9 Å². The topological polar surface area (TPSA) is 36.9 Å². The molecule has 0 amide bonds. The molecule has 4 nitrogen and oxygen atoms in total. The van der Waals surface area contributed by atoms with Gasteiger partial charge >= 0.3 is 0 Å². The van der Waals surface area contributed by atoms with E-state index in [1.165, 1.54) is 0 Å². The Bertz CT molecular complexity index is 129. The lowest BCUT2D eigenvalue weighted by Gasteiger charge is -2.28. The van der Waals surface area contributed by atoms with Crippen LogP contribution in [-0.4, -0.2) is 43.8 Å². The Morgan fingerprint density at radius 2 is 0.938 bits per heavy atom. The number of ether oxygens (including phenoxy) is 4. The molecule has 0 aliphatic heterocycles. The summed E-state index contributed by atoms with van der Waals surface area (Å²) in [7, 11) is 0. The first-order chi connectivity index (χ1) is 7.71. The summed E-state index contributed by atoms with van der Waals surface area (Å²) in [6.45, 7) is 10.1. The van der Waals surface area contributed by atoms with Crippen molar-refractivity contribution in [2.45, 2.75) is 45.1 Å². The molecular weight excluding hydrogens is 276 g/mol. The van der Waals surface area contributed by atoms with Gasteiger partial charge < -0.3 is 18.9 Å². The molecule has 0 aromatic carbocycles. The van der Waals surface area contributed by atoms with Crippen molar-refractivity contribution in [1.82, 2.24) is 0 Å². The largest absolute Gasteiger partial charge is 0.352 e. The lowest BCUT2D eigenvalue weighted by molar-refractivity contribution is -0.200. The Labute approximate surface area is 107 Å². The third-order valence-electron chi connectivity index (χ3n) is 1.84. The summed E-state index contributed by atoms with van der Waals surface area (Å²) >= 11 is 3.51. The van der Waals surface area contributed by atoms with Gasteiger partial charge in [-0.25, -0.2) is 0 Å². The molecule has 0 aliphatic carbocycles. The van der Waals surface area contributed by atoms with Crippen LogP contribution in [0.1, 0.15) is 27.7 Å². The van der Waals surface area contributed by atoms with Gasteiger partial charge in [-0.2, -0.15) is 0 Å². The highest BCUT2D eigenvalue weighted by Gasteiger charge is 2.29. The van der Waals surface area contributed by atoms with E-state index in [-0.39, 0.29) is 17.4 Å². The molecule has 0 aliphatic rings. The Morgan fingerprint density at radius 3 is 1.12 bits per heavy atom. The molecule has 0 atom stereocenters. The van der Waals surface area contributed by atoms with E-state index >= 15 is 0 Å². The average Bonchev–Trinajstić information content (AvgIpc) is 2.27. The van der Waals surface area contributed by atoms with Crippen LogP contribution < -0.4 is 0 Å². The minimum Gasteiger partial charge on any atom is -0.352 e. The van der Waals surface area contributed by atoms with Crippen LogP contribution in [0.25, 0.3) is 0 Å². The second-order valence-electron chi connectivity index (χ2n) is 3.00. The average molecular weight is 299 g/mol. The standard InChI is InChI=1S/C11H23BrO4/c1-5-13-10(14-6-2)9(12)11(15-7-3)16-8-4/h9-11H,5-8H2,1-4H3. The summed E-state index contributed by atoms with van der Waals surface area (Å²) in [5, 5.41) is 0. The highest BCUT2D eigenvalue weighted by molar-refractivity contribution is 9.09. The fraction of sp³-hybridized carbons (Fsp3) is 1.00. The van der Waals surface area contributed by atoms with Gasteiger partial charge in [0.25, 0.3) is 0 Å². The highest BCUT2D eigenvalue weighted by Crippen LogP contribution is 2.19. The Hall–Kier alpha value is 0.320. The van der Waals surface area contributed by atoms with E-state index in [4.69, 9.17) is 18.9 Å². The minimum atomic E-state index is -0.349. The maximum absolute atomic E-state index is 5.49. The van der Waals surface area contributed by atoms with Crippen molar-refractivity contribution >= 4 is 15.9 Å². The zero-order chi connectivity index (χ0) is 12.4. The van der Waals surface area contributed by atoms with Crippen LogP contribution in [0.5, 0.6) is 0 Å². The second kappa shape index (κ2) is 10.5. The maximum atomic E-state index is 5.49. The predicted octanol–water partition coefficient (Wildman–Crippen LogP) is 2.55. The zero-order valence-electron chi connectivity index (χ0n) is 10.6. The number of hydrogen-bond donors (Lipinski definition) is 0. The smallest absolute Gasteiger partial charge is 0.174 e. The van der Waals surface area contributed by atoms with E-state index in [1.54, 1.807) is 0 Å². The zero-order valence-corrected chi connectivity index (χ0v) is 12.2. The third kappa shape index (κ3) is 6.15. The van der Waals surface area contributed by atoms with E-state index in [1.807, 2.05) is 27.7 Å². The third-order valence-corrected chi connectivity index (χ3v) is 2.71. The van der Waals surface area contributed by atoms with Crippen LogP contribution in [0.3, 0.4) is 0 Å². The first-order valence-electron chi connectivity index (χ1n) is 5.81. The molecule has 16 heavy (non-hydrogen) atoms. The van der Waals surface area contributed by atoms with Gasteiger partial charge in [0.2, 0.25) is 0 Å². The van der Waals surface area contributed by atoms with Crippen molar-refractivity contribution in [3.05, 3.63) is 0 Å². The molecule has 0 aromatic rings. The molecule has 0 bridgehead atoms. The second-order valence-corrected chi connectivity index (χ2v) is 4.06. The van der Waals surface area contributed by atoms with Crippen LogP contribution in [0, 0.1) is 0 Å². The molecule has 0 saturated heterocycles. The van der Waals surface area contributed by atoms with Crippen LogP contribution in [0.15, 0.2) is 0 Å². The summed E-state index contributed by atoms with van der Waals surface area (Å²) in [5.74, 6) is 0. The number of alkyl halides is 1. The summed E-state index contributed by atoms with van der Waals surface area (Å²) in [6, 6.07) is 0. The lowest BCUT2D eigenvalue weighted by Crippen LogP contribution is -2.39. The van der Waals surface area contributed by atoms with Crippen molar-refractivity contribution in [3.63, 3.8) is 0 Å². The normalized spacial score (nSPS) is 12.0. The molecule has 0 unspecified atom stereocenters. The fourth-order valence-corrected chi connectivity index (χ4v) is 1.86. The van der Waals surface area contributed by atoms with Gasteiger partial charge in [0, 0.05) is 26.4 Å². The molecule has 0 aromatic heterocycles. The molecule has 0 fully saturated rings. The van der Waals surface area contributed by atoms with Crippen molar-refractivity contribution in [2.75, 3.05) is 26.4 Å². The van der Waals surface area contributed by atoms with Crippen molar-refractivity contribution in [2.24, 2.45) is 0 Å². The van der Waals surface area contributed by atoms with Gasteiger partial charge in [0.15, 0.2) is 12.6 Å². The summed E-state index contributed by atoms with van der Waals surface area (Å²) in [4.78, 5) is -0.132. The van der Waals surface area contributed by atoms with Crippen LogP contribution in [0.2, 0.25) is 0 Å². The Morgan fingerprint density at radius 1 is 0.688 bits per heavy atom. The minimum absolute atomic E-state index is 0.132. The van der Waals surface area contributed by atoms with Crippen molar-refractivity contribution in [3.8, 4) is 0 Å². The number of rotatable bonds is 10. The molecule has 0 radical (unpaired) electrons. The van der Waals surface area contributed by atoms with Crippen molar-refractivity contribution in [1.29, 1.82) is 0 Å². The predicted molar refractivity (Wildman–Crippen MR) is 66.8 cm³/mol. The number of hydrogen-bond acceptors (Lipinski definition) is 4. The van der Waals surface area contributed by atoms with E-state index in [2.05, 4.69) is 15.9 Å². The molecule has 0 heterocycles. The first kappa shape index (κ1) is 16.3. The molecular formula is C11H23BrO4. The quantitative estimate of drug-likeness (QED) is 0.459. The van der Waals surface area contributed by atoms with Gasteiger partial charge in [0.05, 0.1) is 0 Å².